The van der Waals surface area contributed by atoms with Crippen molar-refractivity contribution in [3.63, 3.8) is 0 Å². The quantitative estimate of drug-likeness (QED) is 0.589. The number of hydrogen-bond acceptors (Lipinski definition) is 5. The number of rotatable bonds is 6. The molecule has 4 N–H and O–H groups in total. The van der Waals surface area contributed by atoms with E-state index in [1.807, 2.05) is 0 Å². The molecule has 1 aromatic rings. The van der Waals surface area contributed by atoms with Crippen LogP contribution < -0.4 is 10.1 Å². The summed E-state index contributed by atoms with van der Waals surface area (Å²) in [7, 11) is 0. The summed E-state index contributed by atoms with van der Waals surface area (Å²) in [6, 6.07) is 4.75. The van der Waals surface area contributed by atoms with Crippen LogP contribution in [0.25, 0.3) is 0 Å². The van der Waals surface area contributed by atoms with Crippen LogP contribution in [0.4, 0.5) is 0 Å². The number of nitrogens with one attached hydrogen (secondary N) is 1. The molecule has 0 spiro atoms. The van der Waals surface area contributed by atoms with E-state index in [-0.39, 0.29) is 24.3 Å². The third kappa shape index (κ3) is 3.53. The molecular weight excluding hydrogens is 294 g/mol. The summed E-state index contributed by atoms with van der Waals surface area (Å²) in [6.07, 6.45) is -1.02. The Morgan fingerprint density at radius 3 is 2.55 bits per heavy atom. The van der Waals surface area contributed by atoms with E-state index in [9.17, 15) is 14.4 Å². The van der Waals surface area contributed by atoms with Gasteiger partial charge in [-0.2, -0.15) is 0 Å². The van der Waals surface area contributed by atoms with E-state index in [0.717, 1.165) is 0 Å². The molecule has 0 amide bonds. The minimum Gasteiger partial charge on any atom is -0.489 e. The molecule has 0 aliphatic carbocycles. The van der Waals surface area contributed by atoms with Gasteiger partial charge in [0.15, 0.2) is 0 Å². The van der Waals surface area contributed by atoms with Crippen molar-refractivity contribution in [3.05, 3.63) is 29.8 Å². The highest BCUT2D eigenvalue weighted by Gasteiger charge is 2.42. The fourth-order valence-electron chi connectivity index (χ4n) is 2.49. The maximum absolute atomic E-state index is 11.1. The lowest BCUT2D eigenvalue weighted by atomic mass is 9.94. The normalized spacial score (nSPS) is 23.9. The van der Waals surface area contributed by atoms with Crippen molar-refractivity contribution in [2.24, 2.45) is 5.92 Å². The molecule has 1 saturated heterocycles. The first-order valence-electron chi connectivity index (χ1n) is 6.56. The Morgan fingerprint density at radius 1 is 1.23 bits per heavy atom. The largest absolute Gasteiger partial charge is 0.489 e. The smallest absolute Gasteiger partial charge is 0.335 e. The van der Waals surface area contributed by atoms with Gasteiger partial charge in [-0.05, 0) is 18.2 Å². The molecule has 8 nitrogen and oxygen atoms in total. The van der Waals surface area contributed by atoms with Gasteiger partial charge in [-0.25, -0.2) is 4.79 Å². The molecule has 118 valence electrons. The molecule has 22 heavy (non-hydrogen) atoms. The molecule has 1 heterocycles. The van der Waals surface area contributed by atoms with Gasteiger partial charge in [0.1, 0.15) is 17.9 Å². The standard InChI is InChI=1S/C14H15NO7/c16-11(17)5-9-10(6-15-12(9)14(20)21)22-8-3-1-2-7(4-8)13(18)19/h1-4,9-10,12,15H,5-6H2,(H,16,17)(H,18,19)(H,20,21)/t9-,10+,12-/m0/s1. The van der Waals surface area contributed by atoms with Crippen LogP contribution in [-0.2, 0) is 9.59 Å². The number of carboxylic acid groups (broad SMARTS) is 3. The fourth-order valence-corrected chi connectivity index (χ4v) is 2.49. The Labute approximate surface area is 125 Å². The maximum atomic E-state index is 11.1. The molecule has 0 bridgehead atoms. The fraction of sp³-hybridized carbons (Fsp3) is 0.357. The molecule has 1 aromatic carbocycles. The third-order valence-corrected chi connectivity index (χ3v) is 3.49. The molecular formula is C14H15NO7. The van der Waals surface area contributed by atoms with Gasteiger partial charge in [0.2, 0.25) is 0 Å². The number of carbonyl (C=O) groups is 3. The van der Waals surface area contributed by atoms with Crippen LogP contribution in [0.15, 0.2) is 24.3 Å². The molecule has 0 unspecified atom stereocenters. The molecule has 0 radical (unpaired) electrons. The van der Waals surface area contributed by atoms with Crippen molar-refractivity contribution in [2.75, 3.05) is 6.54 Å². The zero-order chi connectivity index (χ0) is 16.3. The molecule has 0 saturated carbocycles. The van der Waals surface area contributed by atoms with Crippen molar-refractivity contribution in [2.45, 2.75) is 18.6 Å². The first-order chi connectivity index (χ1) is 10.4. The predicted octanol–water partition coefficient (Wildman–Crippen LogP) is 0.280. The molecule has 3 atom stereocenters. The lowest BCUT2D eigenvalue weighted by molar-refractivity contribution is -0.142. The highest BCUT2D eigenvalue weighted by atomic mass is 16.5. The average molecular weight is 309 g/mol. The first kappa shape index (κ1) is 15.8. The number of hydrogen-bond donors (Lipinski definition) is 4. The number of aliphatic carboxylic acids is 2. The van der Waals surface area contributed by atoms with Gasteiger partial charge in [0.25, 0.3) is 0 Å². The predicted molar refractivity (Wildman–Crippen MR) is 73.0 cm³/mol. The molecule has 0 aromatic heterocycles. The van der Waals surface area contributed by atoms with Crippen molar-refractivity contribution in [1.29, 1.82) is 0 Å². The van der Waals surface area contributed by atoms with E-state index in [1.165, 1.54) is 18.2 Å². The maximum Gasteiger partial charge on any atom is 0.335 e. The van der Waals surface area contributed by atoms with Crippen LogP contribution in [0.2, 0.25) is 0 Å². The lowest BCUT2D eigenvalue weighted by Crippen LogP contribution is -2.38. The van der Waals surface area contributed by atoms with Crippen LogP contribution in [-0.4, -0.2) is 51.9 Å². The van der Waals surface area contributed by atoms with Crippen molar-refractivity contribution < 1.29 is 34.4 Å². The van der Waals surface area contributed by atoms with E-state index in [2.05, 4.69) is 5.32 Å². The summed E-state index contributed by atoms with van der Waals surface area (Å²) in [4.78, 5) is 33.0. The van der Waals surface area contributed by atoms with E-state index < -0.39 is 36.0 Å². The first-order valence-corrected chi connectivity index (χ1v) is 6.56. The minimum absolute atomic E-state index is 0.0352. The molecule has 1 fully saturated rings. The molecule has 2 rings (SSSR count). The van der Waals surface area contributed by atoms with Crippen molar-refractivity contribution in [3.8, 4) is 5.75 Å². The highest BCUT2D eigenvalue weighted by molar-refractivity contribution is 5.88. The summed E-state index contributed by atoms with van der Waals surface area (Å²) in [6.45, 7) is 0.173. The number of benzene rings is 1. The Hall–Kier alpha value is -2.61. The van der Waals surface area contributed by atoms with E-state index in [4.69, 9.17) is 20.1 Å². The van der Waals surface area contributed by atoms with Crippen LogP contribution in [0.5, 0.6) is 5.75 Å². The van der Waals surface area contributed by atoms with Gasteiger partial charge in [0, 0.05) is 12.5 Å². The Bertz CT molecular complexity index is 601. The third-order valence-electron chi connectivity index (χ3n) is 3.49. The monoisotopic (exact) mass is 309 g/mol. The van der Waals surface area contributed by atoms with Crippen molar-refractivity contribution >= 4 is 17.9 Å². The Balaban J connectivity index is 2.16. The van der Waals surface area contributed by atoms with Crippen molar-refractivity contribution in [1.82, 2.24) is 5.32 Å². The highest BCUT2D eigenvalue weighted by Crippen LogP contribution is 2.26. The Kier molecular flexibility index (Phi) is 4.62. The minimum atomic E-state index is -1.14. The van der Waals surface area contributed by atoms with E-state index in [1.54, 1.807) is 6.07 Å². The lowest BCUT2D eigenvalue weighted by Gasteiger charge is -2.21. The number of ether oxygens (including phenoxy) is 1. The van der Waals surface area contributed by atoms with Gasteiger partial charge in [-0.1, -0.05) is 6.07 Å². The van der Waals surface area contributed by atoms with Crippen LogP contribution >= 0.6 is 0 Å². The van der Waals surface area contributed by atoms with Gasteiger partial charge in [-0.3, -0.25) is 9.59 Å². The summed E-state index contributed by atoms with van der Waals surface area (Å²) < 4.78 is 5.61. The zero-order valence-electron chi connectivity index (χ0n) is 11.4. The summed E-state index contributed by atoms with van der Waals surface area (Å²) in [5.74, 6) is -3.86. The molecule has 8 heteroatoms. The van der Waals surface area contributed by atoms with Gasteiger partial charge in [-0.15, -0.1) is 0 Å². The molecule has 1 aliphatic rings. The van der Waals surface area contributed by atoms with E-state index >= 15 is 0 Å². The average Bonchev–Trinajstić information content (AvgIpc) is 2.81. The van der Waals surface area contributed by atoms with Gasteiger partial charge in [0.05, 0.1) is 12.0 Å². The zero-order valence-corrected chi connectivity index (χ0v) is 11.4. The number of carboxylic acids is 3. The van der Waals surface area contributed by atoms with E-state index in [0.29, 0.717) is 0 Å². The Morgan fingerprint density at radius 2 is 1.95 bits per heavy atom. The van der Waals surface area contributed by atoms with Gasteiger partial charge < -0.3 is 25.4 Å². The number of aromatic carboxylic acids is 1. The second-order valence-electron chi connectivity index (χ2n) is 4.98. The topological polar surface area (TPSA) is 133 Å². The van der Waals surface area contributed by atoms with Crippen LogP contribution in [0, 0.1) is 5.92 Å². The second kappa shape index (κ2) is 6.44. The second-order valence-corrected chi connectivity index (χ2v) is 4.98. The summed E-state index contributed by atoms with van der Waals surface area (Å²) in [5, 5.41) is 29.7. The SMILES string of the molecule is O=C(O)C[C@@H]1[C@@H](C(=O)O)NC[C@H]1Oc1cccc(C(=O)O)c1. The van der Waals surface area contributed by atoms with Crippen LogP contribution in [0.1, 0.15) is 16.8 Å². The summed E-state index contributed by atoms with van der Waals surface area (Å²) >= 11 is 0. The van der Waals surface area contributed by atoms with Gasteiger partial charge >= 0.3 is 17.9 Å². The van der Waals surface area contributed by atoms with Crippen LogP contribution in [0.3, 0.4) is 0 Å². The molecule has 1 aliphatic heterocycles. The summed E-state index contributed by atoms with van der Waals surface area (Å²) in [5.41, 5.74) is 0.0352.